The molecule has 2 nitrogen and oxygen atoms in total. The molecule has 2 aromatic heterocycles. The minimum atomic E-state index is 0.573. The molecular formula is C9H6N2. The van der Waals surface area contributed by atoms with Crippen LogP contribution in [0.2, 0.25) is 0 Å². The average molecular weight is 142 g/mol. The number of aromatic nitrogens is 2. The summed E-state index contributed by atoms with van der Waals surface area (Å²) in [6, 6.07) is 1.75. The maximum atomic E-state index is 5.57. The van der Waals surface area contributed by atoms with Crippen LogP contribution < -0.4 is 0 Å². The van der Waals surface area contributed by atoms with Crippen molar-refractivity contribution in [2.75, 3.05) is 0 Å². The number of imidazole rings is 1. The third-order valence-corrected chi connectivity index (χ3v) is 1.59. The Balaban J connectivity index is 2.86. The van der Waals surface area contributed by atoms with Gasteiger partial charge in [0.1, 0.15) is 5.65 Å². The molecule has 2 rings (SSSR count). The van der Waals surface area contributed by atoms with E-state index in [-0.39, 0.29) is 0 Å². The van der Waals surface area contributed by atoms with Gasteiger partial charge in [-0.1, -0.05) is 0 Å². The molecule has 0 bridgehead atoms. The predicted octanol–water partition coefficient (Wildman–Crippen LogP) is 1.45. The zero-order valence-corrected chi connectivity index (χ0v) is 5.86. The van der Waals surface area contributed by atoms with E-state index in [1.165, 1.54) is 0 Å². The van der Waals surface area contributed by atoms with E-state index in [1.807, 2.05) is 10.6 Å². The number of fused-ring (bicyclic) bond motifs is 1. The number of rotatable bonds is 0. The van der Waals surface area contributed by atoms with Gasteiger partial charge >= 0.3 is 0 Å². The number of hydrogen-bond acceptors (Lipinski definition) is 1. The van der Waals surface area contributed by atoms with Crippen molar-refractivity contribution in [1.82, 2.24) is 9.38 Å². The zero-order chi connectivity index (χ0) is 7.84. The maximum Gasteiger partial charge on any atom is 0.136 e. The van der Waals surface area contributed by atoms with Crippen LogP contribution in [-0.4, -0.2) is 9.38 Å². The van der Waals surface area contributed by atoms with Crippen molar-refractivity contribution in [2.24, 2.45) is 0 Å². The Morgan fingerprint density at radius 1 is 1.27 bits per heavy atom. The Bertz CT molecular complexity index is 351. The molecular weight excluding hydrogens is 136 g/mol. The Kier molecular flexibility index (Phi) is 1.22. The number of nitrogens with zero attached hydrogens (tertiary/aromatic N) is 2. The highest BCUT2D eigenvalue weighted by Gasteiger charge is 1.96. The number of hydrogen-bond donors (Lipinski definition) is 0. The van der Waals surface area contributed by atoms with E-state index >= 15 is 0 Å². The first-order valence-corrected chi connectivity index (χ1v) is 3.25. The fraction of sp³-hybridized carbons (Fsp3) is 0. The summed E-state index contributed by atoms with van der Waals surface area (Å²) in [6.45, 7) is 11.1. The lowest BCUT2D eigenvalue weighted by Crippen LogP contribution is -1.87. The van der Waals surface area contributed by atoms with Gasteiger partial charge in [-0.05, 0) is 24.1 Å². The minimum absolute atomic E-state index is 0.573. The zero-order valence-electron chi connectivity index (χ0n) is 5.86. The van der Waals surface area contributed by atoms with Crippen LogP contribution in [0.1, 0.15) is 11.1 Å². The SMILES string of the molecule is [CH]c1cc2nccn2cc1[CH]. The molecule has 0 saturated heterocycles. The van der Waals surface area contributed by atoms with Gasteiger partial charge < -0.3 is 4.40 Å². The molecule has 0 aliphatic heterocycles. The maximum absolute atomic E-state index is 5.57. The van der Waals surface area contributed by atoms with E-state index in [9.17, 15) is 0 Å². The van der Waals surface area contributed by atoms with Crippen LogP contribution in [0.25, 0.3) is 5.65 Å². The summed E-state index contributed by atoms with van der Waals surface area (Å²) in [4.78, 5) is 4.05. The molecule has 0 aliphatic carbocycles. The topological polar surface area (TPSA) is 17.3 Å². The van der Waals surface area contributed by atoms with Crippen LogP contribution in [0.4, 0.5) is 0 Å². The standard InChI is InChI=1S/C9H6N2/c1-7-5-9-10-3-4-11(9)6-8(7)2/h1-6H. The molecule has 0 fully saturated rings. The van der Waals surface area contributed by atoms with E-state index in [4.69, 9.17) is 13.8 Å². The van der Waals surface area contributed by atoms with E-state index in [2.05, 4.69) is 4.98 Å². The van der Waals surface area contributed by atoms with Crippen molar-refractivity contribution in [3.63, 3.8) is 0 Å². The lowest BCUT2D eigenvalue weighted by atomic mass is 10.2. The normalized spacial score (nSPS) is 10.7. The second kappa shape index (κ2) is 2.09. The van der Waals surface area contributed by atoms with Crippen molar-refractivity contribution in [3.05, 3.63) is 49.6 Å². The van der Waals surface area contributed by atoms with E-state index in [0.29, 0.717) is 11.1 Å². The molecule has 2 heteroatoms. The van der Waals surface area contributed by atoms with Crippen LogP contribution in [0.5, 0.6) is 0 Å². The van der Waals surface area contributed by atoms with Gasteiger partial charge in [-0.2, -0.15) is 0 Å². The lowest BCUT2D eigenvalue weighted by molar-refractivity contribution is 1.17. The van der Waals surface area contributed by atoms with Gasteiger partial charge in [0.15, 0.2) is 0 Å². The van der Waals surface area contributed by atoms with Gasteiger partial charge in [0.2, 0.25) is 0 Å². The molecule has 0 saturated carbocycles. The van der Waals surface area contributed by atoms with Crippen molar-refractivity contribution >= 4 is 5.65 Å². The fourth-order valence-corrected chi connectivity index (χ4v) is 0.992. The first-order chi connectivity index (χ1) is 5.27. The van der Waals surface area contributed by atoms with Crippen molar-refractivity contribution in [1.29, 1.82) is 0 Å². The van der Waals surface area contributed by atoms with E-state index in [1.54, 1.807) is 18.5 Å². The van der Waals surface area contributed by atoms with Crippen LogP contribution in [0.3, 0.4) is 0 Å². The molecule has 11 heavy (non-hydrogen) atoms. The molecule has 52 valence electrons. The summed E-state index contributed by atoms with van der Waals surface area (Å²) in [6.07, 6.45) is 5.27. The summed E-state index contributed by atoms with van der Waals surface area (Å²) in [5, 5.41) is 0. The van der Waals surface area contributed by atoms with Gasteiger partial charge in [0.05, 0.1) is 0 Å². The molecule has 0 unspecified atom stereocenters. The molecule has 0 spiro atoms. The molecule has 0 amide bonds. The minimum Gasteiger partial charge on any atom is -0.307 e. The summed E-state index contributed by atoms with van der Waals surface area (Å²) in [7, 11) is 0. The van der Waals surface area contributed by atoms with Gasteiger partial charge in [-0.25, -0.2) is 4.98 Å². The number of pyridine rings is 1. The molecule has 2 heterocycles. The highest BCUT2D eigenvalue weighted by molar-refractivity contribution is 5.46. The van der Waals surface area contributed by atoms with Gasteiger partial charge in [0, 0.05) is 25.5 Å². The first kappa shape index (κ1) is 6.40. The smallest absolute Gasteiger partial charge is 0.136 e. The molecule has 0 atom stereocenters. The highest BCUT2D eigenvalue weighted by Crippen LogP contribution is 2.08. The molecule has 0 aromatic carbocycles. The Morgan fingerprint density at radius 2 is 2.09 bits per heavy atom. The molecule has 0 aliphatic rings. The second-order valence-electron chi connectivity index (χ2n) is 2.38. The summed E-state index contributed by atoms with van der Waals surface area (Å²) in [5.74, 6) is 0. The molecule has 0 N–H and O–H groups in total. The molecule has 4 radical (unpaired) electrons. The first-order valence-electron chi connectivity index (χ1n) is 3.25. The Hall–Kier alpha value is -1.31. The van der Waals surface area contributed by atoms with Crippen molar-refractivity contribution in [3.8, 4) is 0 Å². The Labute approximate surface area is 65.5 Å². The fourth-order valence-electron chi connectivity index (χ4n) is 0.992. The quantitative estimate of drug-likeness (QED) is 0.544. The van der Waals surface area contributed by atoms with Crippen molar-refractivity contribution < 1.29 is 0 Å². The van der Waals surface area contributed by atoms with Gasteiger partial charge in [-0.3, -0.25) is 0 Å². The monoisotopic (exact) mass is 142 g/mol. The van der Waals surface area contributed by atoms with Crippen molar-refractivity contribution in [2.45, 2.75) is 0 Å². The van der Waals surface area contributed by atoms with E-state index in [0.717, 1.165) is 5.65 Å². The van der Waals surface area contributed by atoms with Crippen LogP contribution in [0, 0.1) is 13.8 Å². The third kappa shape index (κ3) is 0.909. The third-order valence-electron chi connectivity index (χ3n) is 1.59. The largest absolute Gasteiger partial charge is 0.307 e. The highest BCUT2D eigenvalue weighted by atomic mass is 15.0. The summed E-state index contributed by atoms with van der Waals surface area (Å²) < 4.78 is 1.83. The summed E-state index contributed by atoms with van der Waals surface area (Å²) >= 11 is 0. The summed E-state index contributed by atoms with van der Waals surface area (Å²) in [5.41, 5.74) is 1.97. The average Bonchev–Trinajstić information content (AvgIpc) is 2.36. The van der Waals surface area contributed by atoms with Gasteiger partial charge in [-0.15, -0.1) is 0 Å². The van der Waals surface area contributed by atoms with E-state index < -0.39 is 0 Å². The molecule has 2 aromatic rings. The van der Waals surface area contributed by atoms with Crippen LogP contribution in [-0.2, 0) is 0 Å². The van der Waals surface area contributed by atoms with Crippen LogP contribution >= 0.6 is 0 Å². The predicted molar refractivity (Wildman–Crippen MR) is 42.0 cm³/mol. The second-order valence-corrected chi connectivity index (χ2v) is 2.38. The van der Waals surface area contributed by atoms with Gasteiger partial charge in [0.25, 0.3) is 0 Å². The van der Waals surface area contributed by atoms with Crippen LogP contribution in [0.15, 0.2) is 24.7 Å². The Morgan fingerprint density at radius 3 is 2.91 bits per heavy atom. The lowest BCUT2D eigenvalue weighted by Gasteiger charge is -1.98.